The number of phenolic OH excluding ortho intramolecular Hbond substituents is 1. The zero-order valence-corrected chi connectivity index (χ0v) is 23.3. The monoisotopic (exact) mass is 524 g/mol. The van der Waals surface area contributed by atoms with Crippen LogP contribution < -0.4 is 9.47 Å². The summed E-state index contributed by atoms with van der Waals surface area (Å²) in [7, 11) is 0. The van der Waals surface area contributed by atoms with Crippen molar-refractivity contribution in [3.63, 3.8) is 0 Å². The molecule has 0 unspecified atom stereocenters. The third-order valence-corrected chi connectivity index (χ3v) is 6.71. The fourth-order valence-corrected chi connectivity index (χ4v) is 4.59. The standard InChI is InChI=1S/C30H40N2O6/c1-7-31(8-2)14-15-32-27(21-10-12-23(33)25(17-21)37-9-3)26(29(35)30(32)36)28(34)22-11-13-24(20(6)16-22)38-18-19(4)5/h10-13,16-17,19,27,33-34H,7-9,14-15,18H2,1-6H3/b28-26+/t27-/m1/s1. The number of Topliss-reactive ketones (excluding diaryl/α,β-unsaturated/α-hetero) is 1. The molecular weight excluding hydrogens is 484 g/mol. The summed E-state index contributed by atoms with van der Waals surface area (Å²) in [6, 6.07) is 9.15. The van der Waals surface area contributed by atoms with Crippen molar-refractivity contribution >= 4 is 17.4 Å². The maximum atomic E-state index is 13.4. The van der Waals surface area contributed by atoms with Gasteiger partial charge in [0.15, 0.2) is 11.5 Å². The Labute approximate surface area is 225 Å². The highest BCUT2D eigenvalue weighted by Gasteiger charge is 2.46. The van der Waals surface area contributed by atoms with Gasteiger partial charge in [-0.25, -0.2) is 0 Å². The molecule has 1 amide bonds. The number of carbonyl (C=O) groups is 2. The van der Waals surface area contributed by atoms with Gasteiger partial charge in [-0.1, -0.05) is 33.8 Å². The van der Waals surface area contributed by atoms with Crippen LogP contribution in [0.15, 0.2) is 42.0 Å². The van der Waals surface area contributed by atoms with Crippen molar-refractivity contribution in [3.05, 3.63) is 58.7 Å². The number of phenols is 1. The number of likely N-dealkylation sites (N-methyl/N-ethyl adjacent to an activating group) is 1. The average Bonchev–Trinajstić information content (AvgIpc) is 3.14. The third-order valence-electron chi connectivity index (χ3n) is 6.71. The number of amides is 1. The molecule has 2 N–H and O–H groups in total. The van der Waals surface area contributed by atoms with Crippen LogP contribution in [0.25, 0.3) is 5.76 Å². The number of benzene rings is 2. The number of ketones is 1. The van der Waals surface area contributed by atoms with Crippen molar-refractivity contribution in [2.45, 2.75) is 47.6 Å². The van der Waals surface area contributed by atoms with Gasteiger partial charge in [-0.15, -0.1) is 0 Å². The number of hydrogen-bond donors (Lipinski definition) is 2. The van der Waals surface area contributed by atoms with Crippen LogP contribution >= 0.6 is 0 Å². The second-order valence-corrected chi connectivity index (χ2v) is 9.86. The summed E-state index contributed by atoms with van der Waals surface area (Å²) in [5.74, 6) is -0.374. The Bertz CT molecular complexity index is 1190. The predicted octanol–water partition coefficient (Wildman–Crippen LogP) is 4.90. The first-order valence-corrected chi connectivity index (χ1v) is 13.3. The first-order valence-electron chi connectivity index (χ1n) is 13.3. The molecule has 0 radical (unpaired) electrons. The highest BCUT2D eigenvalue weighted by Crippen LogP contribution is 2.42. The van der Waals surface area contributed by atoms with E-state index in [4.69, 9.17) is 9.47 Å². The summed E-state index contributed by atoms with van der Waals surface area (Å²) in [6.45, 7) is 15.3. The van der Waals surface area contributed by atoms with Crippen LogP contribution in [0.3, 0.4) is 0 Å². The van der Waals surface area contributed by atoms with Gasteiger partial charge in [0.25, 0.3) is 11.7 Å². The molecule has 1 saturated heterocycles. The van der Waals surface area contributed by atoms with Crippen molar-refractivity contribution in [2.75, 3.05) is 39.4 Å². The second kappa shape index (κ2) is 12.8. The average molecular weight is 525 g/mol. The number of likely N-dealkylation sites (tertiary alicyclic amines) is 1. The normalized spacial score (nSPS) is 17.1. The van der Waals surface area contributed by atoms with Crippen molar-refractivity contribution in [2.24, 2.45) is 5.92 Å². The molecule has 1 aliphatic rings. The molecule has 1 atom stereocenters. The maximum Gasteiger partial charge on any atom is 0.295 e. The lowest BCUT2D eigenvalue weighted by molar-refractivity contribution is -0.140. The maximum absolute atomic E-state index is 13.4. The lowest BCUT2D eigenvalue weighted by Crippen LogP contribution is -2.38. The van der Waals surface area contributed by atoms with E-state index in [0.29, 0.717) is 49.1 Å². The smallest absolute Gasteiger partial charge is 0.295 e. The van der Waals surface area contributed by atoms with E-state index >= 15 is 0 Å². The molecule has 3 rings (SSSR count). The summed E-state index contributed by atoms with van der Waals surface area (Å²) in [6.07, 6.45) is 0. The second-order valence-electron chi connectivity index (χ2n) is 9.86. The molecule has 38 heavy (non-hydrogen) atoms. The number of carbonyl (C=O) groups excluding carboxylic acids is 2. The van der Waals surface area contributed by atoms with Gasteiger partial charge < -0.3 is 29.5 Å². The molecule has 1 fully saturated rings. The van der Waals surface area contributed by atoms with Gasteiger partial charge in [0.2, 0.25) is 0 Å². The number of aryl methyl sites for hydroxylation is 1. The van der Waals surface area contributed by atoms with Gasteiger partial charge in [-0.3, -0.25) is 9.59 Å². The minimum absolute atomic E-state index is 0.0120. The predicted molar refractivity (Wildman–Crippen MR) is 148 cm³/mol. The highest BCUT2D eigenvalue weighted by molar-refractivity contribution is 6.46. The van der Waals surface area contributed by atoms with E-state index in [0.717, 1.165) is 18.7 Å². The highest BCUT2D eigenvalue weighted by atomic mass is 16.5. The molecule has 0 aliphatic carbocycles. The molecule has 0 bridgehead atoms. The zero-order chi connectivity index (χ0) is 28.0. The molecule has 8 nitrogen and oxygen atoms in total. The molecule has 2 aromatic carbocycles. The summed E-state index contributed by atoms with van der Waals surface area (Å²) in [4.78, 5) is 30.3. The lowest BCUT2D eigenvalue weighted by atomic mass is 9.94. The number of rotatable bonds is 12. The van der Waals surface area contributed by atoms with Crippen molar-refractivity contribution in [1.29, 1.82) is 0 Å². The summed E-state index contributed by atoms with van der Waals surface area (Å²) >= 11 is 0. The van der Waals surface area contributed by atoms with E-state index in [-0.39, 0.29) is 22.8 Å². The van der Waals surface area contributed by atoms with Crippen LogP contribution in [0.5, 0.6) is 17.2 Å². The Kier molecular flexibility index (Phi) is 9.80. The van der Waals surface area contributed by atoms with E-state index in [2.05, 4.69) is 18.7 Å². The van der Waals surface area contributed by atoms with Gasteiger partial charge in [0, 0.05) is 18.7 Å². The fourth-order valence-electron chi connectivity index (χ4n) is 4.59. The van der Waals surface area contributed by atoms with Crippen LogP contribution in [-0.4, -0.2) is 71.1 Å². The minimum Gasteiger partial charge on any atom is -0.507 e. The van der Waals surface area contributed by atoms with Gasteiger partial charge >= 0.3 is 0 Å². The van der Waals surface area contributed by atoms with Crippen molar-refractivity contribution in [3.8, 4) is 17.2 Å². The number of aromatic hydroxyl groups is 1. The van der Waals surface area contributed by atoms with Gasteiger partial charge in [-0.05, 0) is 74.3 Å². The van der Waals surface area contributed by atoms with E-state index in [1.165, 1.54) is 11.0 Å². The Morgan fingerprint density at radius 1 is 1.03 bits per heavy atom. The van der Waals surface area contributed by atoms with Crippen LogP contribution in [0.1, 0.15) is 57.4 Å². The molecule has 0 spiro atoms. The molecule has 206 valence electrons. The van der Waals surface area contributed by atoms with Gasteiger partial charge in [-0.2, -0.15) is 0 Å². The number of nitrogens with zero attached hydrogens (tertiary/aromatic N) is 2. The van der Waals surface area contributed by atoms with Crippen LogP contribution in [0.4, 0.5) is 0 Å². The molecular formula is C30H40N2O6. The quantitative estimate of drug-likeness (QED) is 0.231. The van der Waals surface area contributed by atoms with E-state index in [1.54, 1.807) is 37.3 Å². The van der Waals surface area contributed by atoms with Crippen LogP contribution in [0.2, 0.25) is 0 Å². The van der Waals surface area contributed by atoms with Crippen molar-refractivity contribution in [1.82, 2.24) is 9.80 Å². The molecule has 2 aromatic rings. The van der Waals surface area contributed by atoms with E-state index in [9.17, 15) is 19.8 Å². The minimum atomic E-state index is -0.831. The summed E-state index contributed by atoms with van der Waals surface area (Å²) in [5.41, 5.74) is 1.82. The molecule has 8 heteroatoms. The third kappa shape index (κ3) is 6.30. The first kappa shape index (κ1) is 29.0. The molecule has 0 saturated carbocycles. The zero-order valence-electron chi connectivity index (χ0n) is 23.3. The Balaban J connectivity index is 2.11. The SMILES string of the molecule is CCOc1cc([C@@H]2/C(=C(\O)c3ccc(OCC(C)C)c(C)c3)C(=O)C(=O)N2CCN(CC)CC)ccc1O. The lowest BCUT2D eigenvalue weighted by Gasteiger charge is -2.28. The Morgan fingerprint density at radius 2 is 1.74 bits per heavy atom. The number of aliphatic hydroxyl groups is 1. The Hall–Kier alpha value is -3.52. The molecule has 1 aliphatic heterocycles. The number of aliphatic hydroxyl groups excluding tert-OH is 1. The Morgan fingerprint density at radius 3 is 2.34 bits per heavy atom. The van der Waals surface area contributed by atoms with Gasteiger partial charge in [0.1, 0.15) is 11.5 Å². The van der Waals surface area contributed by atoms with Crippen LogP contribution in [-0.2, 0) is 9.59 Å². The first-order chi connectivity index (χ1) is 18.1. The largest absolute Gasteiger partial charge is 0.507 e. The van der Waals surface area contributed by atoms with E-state index < -0.39 is 17.7 Å². The van der Waals surface area contributed by atoms with Gasteiger partial charge in [0.05, 0.1) is 24.8 Å². The van der Waals surface area contributed by atoms with Crippen LogP contribution in [0, 0.1) is 12.8 Å². The fraction of sp³-hybridized carbons (Fsp3) is 0.467. The van der Waals surface area contributed by atoms with E-state index in [1.807, 2.05) is 20.8 Å². The number of hydrogen-bond acceptors (Lipinski definition) is 7. The summed E-state index contributed by atoms with van der Waals surface area (Å²) < 4.78 is 11.4. The topological polar surface area (TPSA) is 99.5 Å². The van der Waals surface area contributed by atoms with Crippen molar-refractivity contribution < 1.29 is 29.3 Å². The number of ether oxygens (including phenoxy) is 2. The molecule has 0 aromatic heterocycles. The summed E-state index contributed by atoms with van der Waals surface area (Å²) in [5, 5.41) is 21.7. The molecule has 1 heterocycles.